The Balaban J connectivity index is 0.000000134. The fourth-order valence-electron chi connectivity index (χ4n) is 14.4. The maximum Gasteiger partial charge on any atom is 0.259 e. The van der Waals surface area contributed by atoms with E-state index in [-0.39, 0.29) is 35.4 Å². The molecular formula is C95H94Cl6N18O6S6. The highest BCUT2D eigenvalue weighted by atomic mass is 35.5. The third-order valence-electron chi connectivity index (χ3n) is 20.5. The van der Waals surface area contributed by atoms with Crippen LogP contribution < -0.4 is 31.9 Å². The van der Waals surface area contributed by atoms with Crippen molar-refractivity contribution in [2.24, 2.45) is 11.8 Å². The number of halogens is 6. The fraction of sp³-hybridized carbons (Fsp3) is 0.242. The smallest absolute Gasteiger partial charge is 0.259 e. The summed E-state index contributed by atoms with van der Waals surface area (Å²) in [5.41, 5.74) is 9.77. The second-order valence-electron chi connectivity index (χ2n) is 30.8. The number of aromatic nitrogens is 12. The minimum Gasteiger partial charge on any atom is -0.347 e. The molecule has 0 aliphatic rings. The maximum absolute atomic E-state index is 12.6. The molecule has 131 heavy (non-hydrogen) atoms. The van der Waals surface area contributed by atoms with Gasteiger partial charge in [0, 0.05) is 208 Å². The first-order chi connectivity index (χ1) is 63.3. The van der Waals surface area contributed by atoms with Crippen LogP contribution in [0.4, 0.5) is 30.8 Å². The summed E-state index contributed by atoms with van der Waals surface area (Å²) in [7, 11) is 0. The van der Waals surface area contributed by atoms with E-state index in [1.54, 1.807) is 49.3 Å². The molecule has 6 amide bonds. The number of carbonyl (C=O) groups excluding carboxylic acids is 6. The summed E-state index contributed by atoms with van der Waals surface area (Å²) >= 11 is 45.0. The molecular weight excluding hydrogens is 1890 g/mol. The lowest BCUT2D eigenvalue weighted by atomic mass is 10.1. The van der Waals surface area contributed by atoms with Crippen LogP contribution in [0.1, 0.15) is 162 Å². The maximum atomic E-state index is 12.6. The predicted octanol–water partition coefficient (Wildman–Crippen LogP) is 28.1. The van der Waals surface area contributed by atoms with Gasteiger partial charge in [0.2, 0.25) is 0 Å². The molecule has 18 rings (SSSR count). The van der Waals surface area contributed by atoms with Crippen molar-refractivity contribution in [2.45, 2.75) is 140 Å². The molecule has 0 saturated heterocycles. The zero-order valence-electron chi connectivity index (χ0n) is 72.7. The van der Waals surface area contributed by atoms with Gasteiger partial charge in [-0.15, -0.1) is 68.0 Å². The lowest BCUT2D eigenvalue weighted by Crippen LogP contribution is -2.11. The second kappa shape index (κ2) is 46.8. The van der Waals surface area contributed by atoms with Gasteiger partial charge in [-0.3, -0.25) is 60.7 Å². The molecule has 12 heterocycles. The summed E-state index contributed by atoms with van der Waals surface area (Å²) in [6.07, 6.45) is 29.0. The monoisotopic (exact) mass is 1980 g/mol. The van der Waals surface area contributed by atoms with Crippen LogP contribution in [0.5, 0.6) is 0 Å². The molecule has 0 saturated carbocycles. The molecule has 36 heteroatoms. The number of hydrogen-bond donors (Lipinski definition) is 6. The van der Waals surface area contributed by atoms with E-state index in [2.05, 4.69) is 133 Å². The SMILES string of the molecule is CC(C)CCn1cc(C(=O)Nc2nccs2)c2ccc(Cl)cc21.CC(C)Cn1cc(C(=O)Nc2nccs2)c2ccc(Cl)cc21.CCCCCn1cc(C(=O)Nc2nccs2)c2ccc(Cl)cc21.CCCCn1cc(C(=O)Nc2nccs2)c2ccc(Cl)cc21.CCCn1cc(C(=O)Nc2nccs2)c2ccc(Cl)cc21.CCn1cc(C(=O)Nc2nccs2)c2ccc(Cl)cc21. The van der Waals surface area contributed by atoms with Crippen molar-refractivity contribution < 1.29 is 28.8 Å². The Labute approximate surface area is 811 Å². The summed E-state index contributed by atoms with van der Waals surface area (Å²) < 4.78 is 12.5. The van der Waals surface area contributed by atoms with Gasteiger partial charge < -0.3 is 27.4 Å². The van der Waals surface area contributed by atoms with Crippen molar-refractivity contribution in [3.8, 4) is 0 Å². The molecule has 0 bridgehead atoms. The Hall–Kier alpha value is -11.1. The standard InChI is InChI=1S/2C17H18ClN3OS.2C16H16ClN3OS.C15H14ClN3OS.C14H12ClN3OS/c1-11(2)5-7-21-10-14(13-4-3-12(18)9-15(13)21)16(22)20-17-19-6-8-23-17;1-2-3-4-8-21-11-14(13-6-5-12(18)10-15(13)21)16(22)20-17-19-7-9-23-17;1-10(2)8-20-9-13(12-4-3-11(17)7-14(12)20)15(21)19-16-18-5-6-22-16;1-2-3-7-20-10-13(12-5-4-11(17)9-14(12)20)15(21)19-16-18-6-8-22-16;1-2-6-19-9-12(11-4-3-10(16)8-13(11)19)14(20)18-15-17-5-7-21-15;1-2-18-8-11(10-4-3-9(15)7-12(10)18)13(19)17-14-16-5-6-20-14/h3-4,6,8-11H,5,7H2,1-2H3,(H,19,20,22);5-7,9-11H,2-4,8H2,1H3,(H,19,20,22);3-7,9-10H,8H2,1-2H3,(H,18,19,21);4-6,8-10H,2-3,7H2,1H3,(H,18,19,21);3-5,7-9H,2,6H2,1H3,(H,17,18,20);3-8H,2H2,1H3,(H,16,17,19). The molecule has 24 nitrogen and oxygen atoms in total. The third-order valence-corrected chi connectivity index (χ3v) is 26.1. The number of unbranched alkanes of at least 4 members (excludes halogenated alkanes) is 3. The molecule has 0 unspecified atom stereocenters. The molecule has 0 spiro atoms. The average Bonchev–Trinajstić information content (AvgIpc) is 1.68. The number of anilines is 6. The minimum absolute atomic E-state index is 0.137. The molecule has 0 fully saturated rings. The quantitative estimate of drug-likeness (QED) is 0.0262. The Morgan fingerprint density at radius 3 is 0.763 bits per heavy atom. The number of benzene rings is 6. The summed E-state index contributed by atoms with van der Waals surface area (Å²) in [6.45, 7) is 22.2. The number of nitrogens with zero attached hydrogens (tertiary/aromatic N) is 12. The number of rotatable bonds is 27. The van der Waals surface area contributed by atoms with Gasteiger partial charge in [0.15, 0.2) is 30.8 Å². The Morgan fingerprint density at radius 2 is 0.527 bits per heavy atom. The number of hydrogen-bond acceptors (Lipinski definition) is 18. The average molecular weight is 1990 g/mol. The first-order valence-electron chi connectivity index (χ1n) is 42.3. The highest BCUT2D eigenvalue weighted by molar-refractivity contribution is 7.15. The van der Waals surface area contributed by atoms with Crippen LogP contribution in [0.2, 0.25) is 30.1 Å². The first-order valence-corrected chi connectivity index (χ1v) is 49.8. The van der Waals surface area contributed by atoms with E-state index < -0.39 is 0 Å². The highest BCUT2D eigenvalue weighted by Crippen LogP contribution is 2.35. The normalized spacial score (nSPS) is 11.1. The van der Waals surface area contributed by atoms with Crippen molar-refractivity contribution >= 4 is 269 Å². The number of fused-ring (bicyclic) bond motifs is 6. The Kier molecular flexibility index (Phi) is 34.8. The van der Waals surface area contributed by atoms with E-state index in [9.17, 15) is 28.8 Å². The van der Waals surface area contributed by atoms with Crippen LogP contribution in [-0.2, 0) is 39.3 Å². The van der Waals surface area contributed by atoms with E-state index >= 15 is 0 Å². The van der Waals surface area contributed by atoms with Gasteiger partial charge in [0.25, 0.3) is 35.4 Å². The van der Waals surface area contributed by atoms with Crippen LogP contribution in [0, 0.1) is 11.8 Å². The van der Waals surface area contributed by atoms with E-state index in [1.165, 1.54) is 74.4 Å². The molecule has 0 aliphatic heterocycles. The number of carbonyl (C=O) groups is 6. The topological polar surface area (TPSA) is 282 Å². The van der Waals surface area contributed by atoms with Gasteiger partial charge in [-0.05, 0) is 117 Å². The van der Waals surface area contributed by atoms with Gasteiger partial charge >= 0.3 is 0 Å². The van der Waals surface area contributed by atoms with Crippen LogP contribution in [-0.4, -0.2) is 92.7 Å². The zero-order valence-corrected chi connectivity index (χ0v) is 82.1. The van der Waals surface area contributed by atoms with E-state index in [0.29, 0.717) is 106 Å². The zero-order chi connectivity index (χ0) is 92.8. The molecule has 6 N–H and O–H groups in total. The van der Waals surface area contributed by atoms with E-state index in [0.717, 1.165) is 143 Å². The van der Waals surface area contributed by atoms with E-state index in [1.807, 2.05) is 178 Å². The third kappa shape index (κ3) is 25.6. The molecule has 18 aromatic rings. The largest absolute Gasteiger partial charge is 0.347 e. The molecule has 6 aromatic carbocycles. The van der Waals surface area contributed by atoms with Crippen molar-refractivity contribution in [1.82, 2.24) is 57.3 Å². The predicted molar refractivity (Wildman–Crippen MR) is 547 cm³/mol. The molecule has 12 aromatic heterocycles. The highest BCUT2D eigenvalue weighted by Gasteiger charge is 2.24. The van der Waals surface area contributed by atoms with Crippen molar-refractivity contribution in [2.75, 3.05) is 31.9 Å². The van der Waals surface area contributed by atoms with Crippen LogP contribution in [0.15, 0.2) is 216 Å². The lowest BCUT2D eigenvalue weighted by molar-refractivity contribution is 0.102. The number of aryl methyl sites for hydroxylation is 5. The van der Waals surface area contributed by atoms with Crippen LogP contribution in [0.25, 0.3) is 65.4 Å². The minimum atomic E-state index is -0.153. The number of thiazole rings is 6. The van der Waals surface area contributed by atoms with E-state index in [4.69, 9.17) is 69.6 Å². The second-order valence-corrected chi connectivity index (χ2v) is 38.8. The van der Waals surface area contributed by atoms with Gasteiger partial charge in [0.05, 0.1) is 66.5 Å². The van der Waals surface area contributed by atoms with Crippen molar-refractivity contribution in [3.05, 3.63) is 279 Å². The van der Waals surface area contributed by atoms with Crippen molar-refractivity contribution in [3.63, 3.8) is 0 Å². The molecule has 0 radical (unpaired) electrons. The van der Waals surface area contributed by atoms with Gasteiger partial charge in [-0.1, -0.05) is 174 Å². The van der Waals surface area contributed by atoms with Crippen LogP contribution in [0.3, 0.4) is 0 Å². The summed E-state index contributed by atoms with van der Waals surface area (Å²) in [5.74, 6) is 0.203. The van der Waals surface area contributed by atoms with Crippen molar-refractivity contribution in [1.29, 1.82) is 0 Å². The Bertz CT molecular complexity index is 6900. The van der Waals surface area contributed by atoms with Gasteiger partial charge in [-0.25, -0.2) is 29.9 Å². The fourth-order valence-corrected chi connectivity index (χ4v) is 18.6. The summed E-state index contributed by atoms with van der Waals surface area (Å²) in [6, 6.07) is 33.6. The Morgan fingerprint density at radius 1 is 0.290 bits per heavy atom. The van der Waals surface area contributed by atoms with Gasteiger partial charge in [-0.2, -0.15) is 0 Å². The summed E-state index contributed by atoms with van der Waals surface area (Å²) in [5, 5.41) is 41.1. The van der Waals surface area contributed by atoms with Crippen LogP contribution >= 0.6 is 138 Å². The molecule has 0 aliphatic carbocycles. The molecule has 0 atom stereocenters. The molecule has 678 valence electrons. The first kappa shape index (κ1) is 97.4. The summed E-state index contributed by atoms with van der Waals surface area (Å²) in [4.78, 5) is 99.5. The lowest BCUT2D eigenvalue weighted by Gasteiger charge is -2.08. The van der Waals surface area contributed by atoms with Gasteiger partial charge in [0.1, 0.15) is 0 Å². The number of nitrogens with one attached hydrogen (secondary N) is 6. The number of amides is 6.